The number of sulfonamides is 1. The molecular weight excluding hydrogens is 442 g/mol. The van der Waals surface area contributed by atoms with Crippen molar-refractivity contribution in [2.75, 3.05) is 30.8 Å². The Morgan fingerprint density at radius 2 is 1.94 bits per heavy atom. The molecule has 1 fully saturated rings. The van der Waals surface area contributed by atoms with Gasteiger partial charge in [0, 0.05) is 37.8 Å². The van der Waals surface area contributed by atoms with E-state index in [4.69, 9.17) is 0 Å². The Labute approximate surface area is 184 Å². The van der Waals surface area contributed by atoms with Crippen molar-refractivity contribution in [2.45, 2.75) is 30.7 Å². The SMILES string of the molecule is CC(=O)Nc1ccc(S(=O)(=O)N(C)CC(=O)N2CCCC2C(=O)Nc2nccs2)cc1. The van der Waals surface area contributed by atoms with Crippen molar-refractivity contribution in [3.8, 4) is 0 Å². The van der Waals surface area contributed by atoms with E-state index in [0.717, 1.165) is 4.31 Å². The Kier molecular flexibility index (Phi) is 7.03. The van der Waals surface area contributed by atoms with E-state index in [1.165, 1.54) is 54.5 Å². The molecular formula is C19H23N5O5S2. The van der Waals surface area contributed by atoms with Gasteiger partial charge in [0.25, 0.3) is 0 Å². The molecule has 1 aromatic heterocycles. The van der Waals surface area contributed by atoms with Gasteiger partial charge in [-0.25, -0.2) is 13.4 Å². The van der Waals surface area contributed by atoms with Gasteiger partial charge < -0.3 is 15.5 Å². The van der Waals surface area contributed by atoms with Crippen molar-refractivity contribution in [1.82, 2.24) is 14.2 Å². The van der Waals surface area contributed by atoms with Crippen molar-refractivity contribution in [2.24, 2.45) is 0 Å². The maximum Gasteiger partial charge on any atom is 0.248 e. The van der Waals surface area contributed by atoms with Crippen LogP contribution in [0, 0.1) is 0 Å². The van der Waals surface area contributed by atoms with Gasteiger partial charge in [-0.1, -0.05) is 0 Å². The van der Waals surface area contributed by atoms with E-state index in [1.807, 2.05) is 0 Å². The maximum atomic E-state index is 12.8. The molecule has 12 heteroatoms. The predicted octanol–water partition coefficient (Wildman–Crippen LogP) is 1.35. The molecule has 0 spiro atoms. The van der Waals surface area contributed by atoms with Crippen molar-refractivity contribution in [3.63, 3.8) is 0 Å². The largest absolute Gasteiger partial charge is 0.330 e. The van der Waals surface area contributed by atoms with Gasteiger partial charge in [-0.3, -0.25) is 14.4 Å². The first-order valence-electron chi connectivity index (χ1n) is 9.52. The number of thiazole rings is 1. The first kappa shape index (κ1) is 22.8. The summed E-state index contributed by atoms with van der Waals surface area (Å²) < 4.78 is 26.6. The Hall–Kier alpha value is -2.83. The number of hydrogen-bond donors (Lipinski definition) is 2. The third kappa shape index (κ3) is 5.46. The van der Waals surface area contributed by atoms with Crippen molar-refractivity contribution in [3.05, 3.63) is 35.8 Å². The molecule has 0 bridgehead atoms. The van der Waals surface area contributed by atoms with Crippen LogP contribution in [0.5, 0.6) is 0 Å². The number of aromatic nitrogens is 1. The first-order chi connectivity index (χ1) is 14.7. The number of benzene rings is 1. The number of amides is 3. The van der Waals surface area contributed by atoms with Gasteiger partial charge in [0.15, 0.2) is 5.13 Å². The van der Waals surface area contributed by atoms with Gasteiger partial charge >= 0.3 is 0 Å². The molecule has 2 aromatic rings. The molecule has 31 heavy (non-hydrogen) atoms. The van der Waals surface area contributed by atoms with E-state index in [0.29, 0.717) is 30.2 Å². The number of likely N-dealkylation sites (tertiary alicyclic amines) is 1. The molecule has 1 atom stereocenters. The summed E-state index contributed by atoms with van der Waals surface area (Å²) >= 11 is 1.28. The third-order valence-electron chi connectivity index (χ3n) is 4.78. The zero-order chi connectivity index (χ0) is 22.6. The summed E-state index contributed by atoms with van der Waals surface area (Å²) in [6, 6.07) is 5.01. The van der Waals surface area contributed by atoms with E-state index in [1.54, 1.807) is 11.6 Å². The van der Waals surface area contributed by atoms with Gasteiger partial charge in [0.1, 0.15) is 6.04 Å². The van der Waals surface area contributed by atoms with Gasteiger partial charge in [-0.15, -0.1) is 11.3 Å². The highest BCUT2D eigenvalue weighted by molar-refractivity contribution is 7.89. The highest BCUT2D eigenvalue weighted by Crippen LogP contribution is 2.22. The second-order valence-corrected chi connectivity index (χ2v) is 9.98. The quantitative estimate of drug-likeness (QED) is 0.635. The van der Waals surface area contributed by atoms with Crippen LogP contribution in [0.15, 0.2) is 40.7 Å². The normalized spacial score (nSPS) is 16.4. The van der Waals surface area contributed by atoms with Crippen LogP contribution in [0.25, 0.3) is 0 Å². The molecule has 0 radical (unpaired) electrons. The van der Waals surface area contributed by atoms with Crippen molar-refractivity contribution < 1.29 is 22.8 Å². The smallest absolute Gasteiger partial charge is 0.248 e. The number of carbonyl (C=O) groups excluding carboxylic acids is 3. The average molecular weight is 466 g/mol. The fourth-order valence-electron chi connectivity index (χ4n) is 3.27. The highest BCUT2D eigenvalue weighted by atomic mass is 32.2. The topological polar surface area (TPSA) is 129 Å². The Morgan fingerprint density at radius 1 is 1.23 bits per heavy atom. The van der Waals surface area contributed by atoms with Crippen molar-refractivity contribution >= 4 is 49.9 Å². The summed E-state index contributed by atoms with van der Waals surface area (Å²) in [7, 11) is -2.61. The summed E-state index contributed by atoms with van der Waals surface area (Å²) in [5, 5.41) is 7.44. The van der Waals surface area contributed by atoms with E-state index in [-0.39, 0.29) is 16.7 Å². The van der Waals surface area contributed by atoms with Gasteiger partial charge in [0.2, 0.25) is 27.7 Å². The molecule has 166 valence electrons. The molecule has 2 N–H and O–H groups in total. The maximum absolute atomic E-state index is 12.8. The second kappa shape index (κ2) is 9.54. The molecule has 2 heterocycles. The van der Waals surface area contributed by atoms with Crippen molar-refractivity contribution in [1.29, 1.82) is 0 Å². The van der Waals surface area contributed by atoms with Gasteiger partial charge in [-0.05, 0) is 37.1 Å². The standard InChI is InChI=1S/C19H23N5O5S2/c1-13(25)21-14-5-7-15(8-6-14)31(28,29)23(2)12-17(26)24-10-3-4-16(24)18(27)22-19-20-9-11-30-19/h5-9,11,16H,3-4,10,12H2,1-2H3,(H,21,25)(H,20,22,27). The lowest BCUT2D eigenvalue weighted by Crippen LogP contribution is -2.47. The van der Waals surface area contributed by atoms with Crippen LogP contribution in [-0.4, -0.2) is 66.5 Å². The molecule has 1 saturated heterocycles. The molecule has 1 aromatic carbocycles. The van der Waals surface area contributed by atoms with E-state index < -0.39 is 28.5 Å². The zero-order valence-corrected chi connectivity index (χ0v) is 18.7. The Balaban J connectivity index is 1.65. The summed E-state index contributed by atoms with van der Waals surface area (Å²) in [5.41, 5.74) is 0.469. The number of hydrogen-bond acceptors (Lipinski definition) is 7. The predicted molar refractivity (Wildman–Crippen MR) is 116 cm³/mol. The summed E-state index contributed by atoms with van der Waals surface area (Å²) in [6.07, 6.45) is 2.73. The fraction of sp³-hybridized carbons (Fsp3) is 0.368. The number of carbonyl (C=O) groups is 3. The van der Waals surface area contributed by atoms with Crippen LogP contribution in [0.1, 0.15) is 19.8 Å². The summed E-state index contributed by atoms with van der Waals surface area (Å²) in [5.74, 6) is -1.05. The van der Waals surface area contributed by atoms with Crippen LogP contribution < -0.4 is 10.6 Å². The number of likely N-dealkylation sites (N-methyl/N-ethyl adjacent to an activating group) is 1. The lowest BCUT2D eigenvalue weighted by molar-refractivity contribution is -0.136. The molecule has 1 aliphatic rings. The van der Waals surface area contributed by atoms with Gasteiger partial charge in [0.05, 0.1) is 11.4 Å². The Morgan fingerprint density at radius 3 is 2.55 bits per heavy atom. The molecule has 1 unspecified atom stereocenters. The lowest BCUT2D eigenvalue weighted by atomic mass is 10.2. The second-order valence-electron chi connectivity index (χ2n) is 7.04. The molecule has 1 aliphatic heterocycles. The molecule has 0 aliphatic carbocycles. The Bertz CT molecular complexity index is 1050. The average Bonchev–Trinajstić information content (AvgIpc) is 3.39. The highest BCUT2D eigenvalue weighted by Gasteiger charge is 2.36. The van der Waals surface area contributed by atoms with E-state index >= 15 is 0 Å². The summed E-state index contributed by atoms with van der Waals surface area (Å²) in [4.78, 5) is 41.9. The minimum absolute atomic E-state index is 0.00335. The number of nitrogens with one attached hydrogen (secondary N) is 2. The monoisotopic (exact) mass is 465 g/mol. The van der Waals surface area contributed by atoms with Gasteiger partial charge in [-0.2, -0.15) is 4.31 Å². The molecule has 3 rings (SSSR count). The summed E-state index contributed by atoms with van der Waals surface area (Å²) in [6.45, 7) is 1.35. The minimum atomic E-state index is -3.92. The van der Waals surface area contributed by atoms with E-state index in [9.17, 15) is 22.8 Å². The number of anilines is 2. The third-order valence-corrected chi connectivity index (χ3v) is 7.29. The minimum Gasteiger partial charge on any atom is -0.330 e. The number of nitrogens with zero attached hydrogens (tertiary/aromatic N) is 3. The zero-order valence-electron chi connectivity index (χ0n) is 17.1. The molecule has 3 amide bonds. The first-order valence-corrected chi connectivity index (χ1v) is 11.8. The molecule has 0 saturated carbocycles. The number of rotatable bonds is 7. The van der Waals surface area contributed by atoms with Crippen LogP contribution in [0.3, 0.4) is 0 Å². The van der Waals surface area contributed by atoms with Crippen LogP contribution in [0.4, 0.5) is 10.8 Å². The van der Waals surface area contributed by atoms with Crippen LogP contribution in [0.2, 0.25) is 0 Å². The lowest BCUT2D eigenvalue weighted by Gasteiger charge is -2.26. The van der Waals surface area contributed by atoms with Crippen LogP contribution >= 0.6 is 11.3 Å². The molecule has 10 nitrogen and oxygen atoms in total. The van der Waals surface area contributed by atoms with E-state index in [2.05, 4.69) is 15.6 Å². The fourth-order valence-corrected chi connectivity index (χ4v) is 4.92. The van der Waals surface area contributed by atoms with Crippen LogP contribution in [-0.2, 0) is 24.4 Å².